The summed E-state index contributed by atoms with van der Waals surface area (Å²) in [6.07, 6.45) is -4.15. The zero-order chi connectivity index (χ0) is 12.8. The number of carbonyl (C=O) groups excluding carboxylic acids is 1. The number of hydrogen-bond acceptors (Lipinski definition) is 3. The van der Waals surface area contributed by atoms with Crippen molar-refractivity contribution in [3.8, 4) is 0 Å². The van der Waals surface area contributed by atoms with Crippen molar-refractivity contribution in [2.45, 2.75) is 32.0 Å². The second-order valence-electron chi connectivity index (χ2n) is 3.67. The quantitative estimate of drug-likeness (QED) is 0.712. The van der Waals surface area contributed by atoms with Crippen LogP contribution in [-0.2, 0) is 4.79 Å². The van der Waals surface area contributed by atoms with E-state index in [1.165, 1.54) is 0 Å². The fraction of sp³-hybridized carbons (Fsp3) is 0.889. The molecule has 0 aliphatic rings. The molecule has 0 fully saturated rings. The Morgan fingerprint density at radius 3 is 2.44 bits per heavy atom. The Kier molecular flexibility index (Phi) is 6.35. The molecule has 0 radical (unpaired) electrons. The smallest absolute Gasteiger partial charge is 0.395 e. The molecule has 0 rings (SSSR count). The first-order valence-electron chi connectivity index (χ1n) is 4.97. The highest BCUT2D eigenvalue weighted by molar-refractivity contribution is 5.76. The molecule has 16 heavy (non-hydrogen) atoms. The maximum absolute atomic E-state index is 12.1. The van der Waals surface area contributed by atoms with Crippen LogP contribution < -0.4 is 5.73 Å². The van der Waals surface area contributed by atoms with E-state index in [-0.39, 0.29) is 19.0 Å². The molecule has 4 nitrogen and oxygen atoms in total. The first kappa shape index (κ1) is 15.2. The van der Waals surface area contributed by atoms with Gasteiger partial charge >= 0.3 is 6.18 Å². The average Bonchev–Trinajstić information content (AvgIpc) is 2.11. The van der Waals surface area contributed by atoms with Gasteiger partial charge in [-0.25, -0.2) is 0 Å². The minimum Gasteiger partial charge on any atom is -0.395 e. The number of nitrogens with zero attached hydrogens (tertiary/aromatic N) is 1. The SMILES string of the molecule is CC(N)CCC(=O)N(CCO)CC(F)(F)F. The molecule has 3 N–H and O–H groups in total. The highest BCUT2D eigenvalue weighted by Gasteiger charge is 2.32. The molecule has 0 saturated carbocycles. The van der Waals surface area contributed by atoms with Crippen molar-refractivity contribution >= 4 is 5.91 Å². The van der Waals surface area contributed by atoms with Crippen molar-refractivity contribution in [2.75, 3.05) is 19.7 Å². The van der Waals surface area contributed by atoms with Crippen molar-refractivity contribution in [3.63, 3.8) is 0 Å². The molecule has 7 heteroatoms. The van der Waals surface area contributed by atoms with Gasteiger partial charge in [-0.15, -0.1) is 0 Å². The van der Waals surface area contributed by atoms with Crippen LogP contribution in [0.15, 0.2) is 0 Å². The van der Waals surface area contributed by atoms with Crippen molar-refractivity contribution in [2.24, 2.45) is 5.73 Å². The molecule has 1 unspecified atom stereocenters. The molecule has 1 atom stereocenters. The van der Waals surface area contributed by atoms with Crippen molar-refractivity contribution in [1.29, 1.82) is 0 Å². The molecule has 0 saturated heterocycles. The van der Waals surface area contributed by atoms with Gasteiger partial charge in [-0.2, -0.15) is 13.2 Å². The third kappa shape index (κ3) is 7.47. The first-order chi connectivity index (χ1) is 7.26. The lowest BCUT2D eigenvalue weighted by atomic mass is 10.2. The first-order valence-corrected chi connectivity index (χ1v) is 4.97. The molecule has 0 aromatic rings. The van der Waals surface area contributed by atoms with Crippen LogP contribution in [-0.4, -0.2) is 47.8 Å². The lowest BCUT2D eigenvalue weighted by Crippen LogP contribution is -2.41. The number of aliphatic hydroxyl groups is 1. The topological polar surface area (TPSA) is 66.6 Å². The van der Waals surface area contributed by atoms with Gasteiger partial charge in [0.15, 0.2) is 0 Å². The Bertz CT molecular complexity index is 219. The van der Waals surface area contributed by atoms with E-state index in [4.69, 9.17) is 10.8 Å². The van der Waals surface area contributed by atoms with Gasteiger partial charge in [-0.3, -0.25) is 4.79 Å². The Labute approximate surface area is 92.2 Å². The van der Waals surface area contributed by atoms with Crippen LogP contribution in [0.1, 0.15) is 19.8 Å². The van der Waals surface area contributed by atoms with Gasteiger partial charge in [0, 0.05) is 19.0 Å². The fourth-order valence-electron chi connectivity index (χ4n) is 1.14. The van der Waals surface area contributed by atoms with E-state index in [9.17, 15) is 18.0 Å². The van der Waals surface area contributed by atoms with Crippen molar-refractivity contribution < 1.29 is 23.1 Å². The number of rotatable bonds is 6. The molecule has 0 spiro atoms. The summed E-state index contributed by atoms with van der Waals surface area (Å²) in [5, 5.41) is 8.57. The van der Waals surface area contributed by atoms with Crippen LogP contribution in [0.3, 0.4) is 0 Å². The molecule has 0 aromatic heterocycles. The summed E-state index contributed by atoms with van der Waals surface area (Å²) >= 11 is 0. The highest BCUT2D eigenvalue weighted by atomic mass is 19.4. The van der Waals surface area contributed by atoms with Gasteiger partial charge in [-0.05, 0) is 13.3 Å². The average molecular weight is 242 g/mol. The standard InChI is InChI=1S/C9H17F3N2O2/c1-7(13)2-3-8(16)14(4-5-15)6-9(10,11)12/h7,15H,2-6,13H2,1H3. The van der Waals surface area contributed by atoms with Crippen LogP contribution in [0.25, 0.3) is 0 Å². The minimum atomic E-state index is -4.45. The van der Waals surface area contributed by atoms with E-state index >= 15 is 0 Å². The maximum atomic E-state index is 12.1. The fourth-order valence-corrected chi connectivity index (χ4v) is 1.14. The van der Waals surface area contributed by atoms with Crippen LogP contribution in [0.5, 0.6) is 0 Å². The minimum absolute atomic E-state index is 0.0340. The van der Waals surface area contributed by atoms with E-state index in [1.807, 2.05) is 0 Å². The van der Waals surface area contributed by atoms with Gasteiger partial charge in [0.1, 0.15) is 6.54 Å². The summed E-state index contributed by atoms with van der Waals surface area (Å²) in [6.45, 7) is -0.448. The maximum Gasteiger partial charge on any atom is 0.406 e. The number of nitrogens with two attached hydrogens (primary N) is 1. The molecular weight excluding hydrogens is 225 g/mol. The molecule has 1 amide bonds. The van der Waals surface area contributed by atoms with Crippen molar-refractivity contribution in [3.05, 3.63) is 0 Å². The largest absolute Gasteiger partial charge is 0.406 e. The Morgan fingerprint density at radius 1 is 1.50 bits per heavy atom. The lowest BCUT2D eigenvalue weighted by molar-refractivity contribution is -0.162. The predicted molar refractivity (Wildman–Crippen MR) is 52.6 cm³/mol. The molecule has 0 bridgehead atoms. The summed E-state index contributed by atoms with van der Waals surface area (Å²) in [7, 11) is 0. The number of alkyl halides is 3. The van der Waals surface area contributed by atoms with Crippen LogP contribution in [0.4, 0.5) is 13.2 Å². The summed E-state index contributed by atoms with van der Waals surface area (Å²) in [6, 6.07) is -0.231. The zero-order valence-electron chi connectivity index (χ0n) is 9.13. The van der Waals surface area contributed by atoms with Gasteiger partial charge in [0.2, 0.25) is 5.91 Å². The normalized spacial score (nSPS) is 13.6. The lowest BCUT2D eigenvalue weighted by Gasteiger charge is -2.23. The second kappa shape index (κ2) is 6.70. The van der Waals surface area contributed by atoms with E-state index < -0.39 is 25.2 Å². The zero-order valence-corrected chi connectivity index (χ0v) is 9.13. The summed E-state index contributed by atoms with van der Waals surface area (Å²) in [5.74, 6) is -0.635. The molecule has 0 aliphatic carbocycles. The van der Waals surface area contributed by atoms with Gasteiger partial charge in [0.05, 0.1) is 6.61 Å². The van der Waals surface area contributed by atoms with Crippen molar-refractivity contribution in [1.82, 2.24) is 4.90 Å². The molecule has 96 valence electrons. The number of hydrogen-bond donors (Lipinski definition) is 2. The number of carbonyl (C=O) groups is 1. The molecule has 0 aliphatic heterocycles. The number of halogens is 3. The second-order valence-corrected chi connectivity index (χ2v) is 3.67. The monoisotopic (exact) mass is 242 g/mol. The van der Waals surface area contributed by atoms with Crippen LogP contribution in [0, 0.1) is 0 Å². The van der Waals surface area contributed by atoms with E-state index in [1.54, 1.807) is 6.92 Å². The summed E-state index contributed by atoms with van der Waals surface area (Å²) in [5.41, 5.74) is 5.40. The van der Waals surface area contributed by atoms with Crippen LogP contribution in [0.2, 0.25) is 0 Å². The van der Waals surface area contributed by atoms with Crippen LogP contribution >= 0.6 is 0 Å². The summed E-state index contributed by atoms with van der Waals surface area (Å²) < 4.78 is 36.3. The number of amides is 1. The van der Waals surface area contributed by atoms with Gasteiger partial charge in [0.25, 0.3) is 0 Å². The molecular formula is C9H17F3N2O2. The molecule has 0 heterocycles. The number of aliphatic hydroxyl groups excluding tert-OH is 1. The van der Waals surface area contributed by atoms with Gasteiger partial charge in [-0.1, -0.05) is 0 Å². The predicted octanol–water partition coefficient (Wildman–Crippen LogP) is 0.497. The summed E-state index contributed by atoms with van der Waals surface area (Å²) in [4.78, 5) is 12.0. The highest BCUT2D eigenvalue weighted by Crippen LogP contribution is 2.17. The van der Waals surface area contributed by atoms with Gasteiger partial charge < -0.3 is 15.7 Å². The Balaban J connectivity index is 4.24. The third-order valence-electron chi connectivity index (χ3n) is 1.91. The Hall–Kier alpha value is -0.820. The van der Waals surface area contributed by atoms with E-state index in [0.717, 1.165) is 0 Å². The van der Waals surface area contributed by atoms with E-state index in [2.05, 4.69) is 0 Å². The van der Waals surface area contributed by atoms with E-state index in [0.29, 0.717) is 11.3 Å². The molecule has 0 aromatic carbocycles. The Morgan fingerprint density at radius 2 is 2.06 bits per heavy atom. The third-order valence-corrected chi connectivity index (χ3v) is 1.91.